The first kappa shape index (κ1) is 18.7. The number of carbonyl (C=O) groups excluding carboxylic acids is 2. The van der Waals surface area contributed by atoms with Gasteiger partial charge in [0.15, 0.2) is 0 Å². The second kappa shape index (κ2) is 9.04. The van der Waals surface area contributed by atoms with Crippen molar-refractivity contribution in [2.45, 2.75) is 26.3 Å². The van der Waals surface area contributed by atoms with E-state index < -0.39 is 6.03 Å². The Morgan fingerprint density at radius 1 is 1.24 bits per heavy atom. The predicted octanol–water partition coefficient (Wildman–Crippen LogP) is 1.30. The molecule has 1 fully saturated rings. The standard InChI is InChI=1S/C18H25N5O2/c1-3-20-18(25)21-17(24)14(2)22-9-6-10-23(12-11-22)16-8-5-4-7-15(16)13-19/h4-5,7-8,14H,3,6,9-12H2,1-2H3,(H2,20,21,24,25)/t14-/m1/s1. The lowest BCUT2D eigenvalue weighted by atomic mass is 10.1. The van der Waals surface area contributed by atoms with Crippen LogP contribution in [0, 0.1) is 11.3 Å². The number of amides is 3. The Kier molecular flexibility index (Phi) is 6.78. The van der Waals surface area contributed by atoms with Crippen LogP contribution in [0.15, 0.2) is 24.3 Å². The molecule has 2 rings (SSSR count). The smallest absolute Gasteiger partial charge is 0.321 e. The lowest BCUT2D eigenvalue weighted by Crippen LogP contribution is -2.50. The Balaban J connectivity index is 1.98. The van der Waals surface area contributed by atoms with E-state index in [0.717, 1.165) is 31.7 Å². The zero-order valence-corrected chi connectivity index (χ0v) is 14.8. The fraction of sp³-hybridized carbons (Fsp3) is 0.500. The molecular weight excluding hydrogens is 318 g/mol. The average Bonchev–Trinajstić information content (AvgIpc) is 2.87. The fourth-order valence-corrected chi connectivity index (χ4v) is 3.00. The normalized spacial score (nSPS) is 16.4. The summed E-state index contributed by atoms with van der Waals surface area (Å²) in [6, 6.07) is 8.97. The van der Waals surface area contributed by atoms with Crippen molar-refractivity contribution in [3.8, 4) is 6.07 Å². The summed E-state index contributed by atoms with van der Waals surface area (Å²) in [4.78, 5) is 28.0. The number of benzene rings is 1. The first-order valence-electron chi connectivity index (χ1n) is 8.63. The third-order valence-electron chi connectivity index (χ3n) is 4.40. The van der Waals surface area contributed by atoms with Gasteiger partial charge >= 0.3 is 6.03 Å². The molecule has 7 heteroatoms. The van der Waals surface area contributed by atoms with Crippen LogP contribution < -0.4 is 15.5 Å². The maximum Gasteiger partial charge on any atom is 0.321 e. The van der Waals surface area contributed by atoms with Crippen molar-refractivity contribution in [2.24, 2.45) is 0 Å². The molecule has 2 N–H and O–H groups in total. The fourth-order valence-electron chi connectivity index (χ4n) is 3.00. The molecule has 0 aromatic heterocycles. The van der Waals surface area contributed by atoms with Gasteiger partial charge in [-0.3, -0.25) is 15.0 Å². The molecule has 25 heavy (non-hydrogen) atoms. The molecule has 0 aliphatic carbocycles. The minimum absolute atomic E-state index is 0.295. The highest BCUT2D eigenvalue weighted by Crippen LogP contribution is 2.21. The lowest BCUT2D eigenvalue weighted by Gasteiger charge is -2.27. The minimum atomic E-state index is -0.459. The number of para-hydroxylation sites is 1. The third-order valence-corrected chi connectivity index (χ3v) is 4.40. The number of nitrogens with zero attached hydrogens (tertiary/aromatic N) is 3. The maximum absolute atomic E-state index is 12.2. The van der Waals surface area contributed by atoms with Gasteiger partial charge in [0.25, 0.3) is 0 Å². The molecule has 0 radical (unpaired) electrons. The van der Waals surface area contributed by atoms with Crippen molar-refractivity contribution in [3.63, 3.8) is 0 Å². The summed E-state index contributed by atoms with van der Waals surface area (Å²) >= 11 is 0. The largest absolute Gasteiger partial charge is 0.369 e. The third kappa shape index (κ3) is 4.94. The summed E-state index contributed by atoms with van der Waals surface area (Å²) in [5, 5.41) is 14.2. The monoisotopic (exact) mass is 343 g/mol. The van der Waals surface area contributed by atoms with Crippen LogP contribution in [0.2, 0.25) is 0 Å². The molecular formula is C18H25N5O2. The molecule has 1 aromatic carbocycles. The van der Waals surface area contributed by atoms with E-state index in [4.69, 9.17) is 0 Å². The second-order valence-electron chi connectivity index (χ2n) is 6.03. The van der Waals surface area contributed by atoms with Crippen LogP contribution in [0.5, 0.6) is 0 Å². The number of anilines is 1. The van der Waals surface area contributed by atoms with E-state index >= 15 is 0 Å². The van der Waals surface area contributed by atoms with Crippen LogP contribution >= 0.6 is 0 Å². The highest BCUT2D eigenvalue weighted by Gasteiger charge is 2.25. The summed E-state index contributed by atoms with van der Waals surface area (Å²) in [5.74, 6) is -0.295. The van der Waals surface area contributed by atoms with Crippen LogP contribution in [0.4, 0.5) is 10.5 Å². The van der Waals surface area contributed by atoms with Crippen LogP contribution in [0.3, 0.4) is 0 Å². The number of imide groups is 1. The molecule has 1 atom stereocenters. The zero-order chi connectivity index (χ0) is 18.2. The number of urea groups is 1. The SMILES string of the molecule is CCNC(=O)NC(=O)[C@@H](C)N1CCCN(c2ccccc2C#N)CC1. The Hall–Kier alpha value is -2.59. The zero-order valence-electron chi connectivity index (χ0n) is 14.8. The number of hydrogen-bond donors (Lipinski definition) is 2. The Morgan fingerprint density at radius 3 is 2.72 bits per heavy atom. The van der Waals surface area contributed by atoms with Crippen LogP contribution in [0.25, 0.3) is 0 Å². The average molecular weight is 343 g/mol. The molecule has 1 aliphatic heterocycles. The molecule has 3 amide bonds. The Morgan fingerprint density at radius 2 is 2.00 bits per heavy atom. The van der Waals surface area contributed by atoms with Gasteiger partial charge in [0.1, 0.15) is 6.07 Å². The quantitative estimate of drug-likeness (QED) is 0.860. The number of nitriles is 1. The molecule has 1 heterocycles. The molecule has 0 saturated carbocycles. The highest BCUT2D eigenvalue weighted by atomic mass is 16.2. The molecule has 134 valence electrons. The van der Waals surface area contributed by atoms with Gasteiger partial charge in [-0.15, -0.1) is 0 Å². The summed E-state index contributed by atoms with van der Waals surface area (Å²) in [7, 11) is 0. The molecule has 1 saturated heterocycles. The number of nitrogens with one attached hydrogen (secondary N) is 2. The Labute approximate surface area is 148 Å². The molecule has 1 aliphatic rings. The minimum Gasteiger partial charge on any atom is -0.369 e. The van der Waals surface area contributed by atoms with Crippen molar-refractivity contribution in [1.29, 1.82) is 5.26 Å². The lowest BCUT2D eigenvalue weighted by molar-refractivity contribution is -0.124. The summed E-state index contributed by atoms with van der Waals surface area (Å²) in [6.45, 7) is 7.13. The van der Waals surface area contributed by atoms with Gasteiger partial charge in [-0.1, -0.05) is 12.1 Å². The first-order chi connectivity index (χ1) is 12.1. The second-order valence-corrected chi connectivity index (χ2v) is 6.03. The van der Waals surface area contributed by atoms with Gasteiger partial charge in [0.05, 0.1) is 17.3 Å². The van der Waals surface area contributed by atoms with E-state index in [1.54, 1.807) is 6.92 Å². The van der Waals surface area contributed by atoms with Crippen molar-refractivity contribution in [1.82, 2.24) is 15.5 Å². The molecule has 1 aromatic rings. The van der Waals surface area contributed by atoms with E-state index in [2.05, 4.69) is 26.5 Å². The number of carbonyl (C=O) groups is 2. The molecule has 7 nitrogen and oxygen atoms in total. The summed E-state index contributed by atoms with van der Waals surface area (Å²) in [6.07, 6.45) is 0.887. The van der Waals surface area contributed by atoms with Crippen LogP contribution in [0.1, 0.15) is 25.8 Å². The molecule has 0 spiro atoms. The van der Waals surface area contributed by atoms with E-state index in [0.29, 0.717) is 18.7 Å². The van der Waals surface area contributed by atoms with Gasteiger partial charge in [-0.05, 0) is 32.4 Å². The van der Waals surface area contributed by atoms with E-state index in [1.165, 1.54) is 0 Å². The van der Waals surface area contributed by atoms with Crippen molar-refractivity contribution < 1.29 is 9.59 Å². The van der Waals surface area contributed by atoms with Crippen molar-refractivity contribution >= 4 is 17.6 Å². The summed E-state index contributed by atoms with van der Waals surface area (Å²) < 4.78 is 0. The van der Waals surface area contributed by atoms with Crippen molar-refractivity contribution in [2.75, 3.05) is 37.6 Å². The van der Waals surface area contributed by atoms with Gasteiger partial charge in [0.2, 0.25) is 5.91 Å². The van der Waals surface area contributed by atoms with Gasteiger partial charge in [-0.25, -0.2) is 4.79 Å². The maximum atomic E-state index is 12.2. The highest BCUT2D eigenvalue weighted by molar-refractivity contribution is 5.96. The van der Waals surface area contributed by atoms with Crippen molar-refractivity contribution in [3.05, 3.63) is 29.8 Å². The Bertz CT molecular complexity index is 655. The summed E-state index contributed by atoms with van der Waals surface area (Å²) in [5.41, 5.74) is 1.60. The van der Waals surface area contributed by atoms with Crippen LogP contribution in [-0.2, 0) is 4.79 Å². The first-order valence-corrected chi connectivity index (χ1v) is 8.63. The van der Waals surface area contributed by atoms with E-state index in [-0.39, 0.29) is 11.9 Å². The number of hydrogen-bond acceptors (Lipinski definition) is 5. The molecule has 0 unspecified atom stereocenters. The van der Waals surface area contributed by atoms with Gasteiger partial charge in [-0.2, -0.15) is 5.26 Å². The van der Waals surface area contributed by atoms with Gasteiger partial charge < -0.3 is 10.2 Å². The van der Waals surface area contributed by atoms with Crippen LogP contribution in [-0.4, -0.2) is 55.6 Å². The van der Waals surface area contributed by atoms with Gasteiger partial charge in [0, 0.05) is 32.7 Å². The topological polar surface area (TPSA) is 88.5 Å². The van der Waals surface area contributed by atoms with E-state index in [1.807, 2.05) is 31.2 Å². The number of rotatable bonds is 4. The predicted molar refractivity (Wildman–Crippen MR) is 96.2 cm³/mol. The molecule has 0 bridgehead atoms. The van der Waals surface area contributed by atoms with E-state index in [9.17, 15) is 14.9 Å².